The molecule has 0 aromatic carbocycles. The second kappa shape index (κ2) is 6.58. The molecule has 1 aliphatic heterocycles. The van der Waals surface area contributed by atoms with Crippen LogP contribution in [0.1, 0.15) is 26.7 Å². The molecular weight excluding hydrogens is 232 g/mol. The molecule has 0 aromatic rings. The van der Waals surface area contributed by atoms with Gasteiger partial charge in [-0.25, -0.2) is 0 Å². The highest BCUT2D eigenvalue weighted by Gasteiger charge is 2.29. The summed E-state index contributed by atoms with van der Waals surface area (Å²) in [4.78, 5) is 14.4. The summed E-state index contributed by atoms with van der Waals surface area (Å²) < 4.78 is 0. The fraction of sp³-hybridized carbons (Fsp3) is 0.833. The van der Waals surface area contributed by atoms with Gasteiger partial charge in [-0.2, -0.15) is 0 Å². The first-order valence-corrected chi connectivity index (χ1v) is 6.42. The predicted molar refractivity (Wildman–Crippen MR) is 70.4 cm³/mol. The molecule has 0 radical (unpaired) electrons. The van der Waals surface area contributed by atoms with Gasteiger partial charge >= 0.3 is 0 Å². The number of carbonyl (C=O) groups is 1. The molecule has 0 aliphatic carbocycles. The van der Waals surface area contributed by atoms with Crippen molar-refractivity contribution >= 4 is 11.7 Å². The summed E-state index contributed by atoms with van der Waals surface area (Å²) >= 11 is 0. The second-order valence-corrected chi connectivity index (χ2v) is 5.33. The second-order valence-electron chi connectivity index (χ2n) is 5.33. The third-order valence-corrected chi connectivity index (χ3v) is 3.45. The Morgan fingerprint density at radius 3 is 2.44 bits per heavy atom. The number of rotatable bonds is 4. The highest BCUT2D eigenvalue weighted by Crippen LogP contribution is 2.14. The van der Waals surface area contributed by atoms with Gasteiger partial charge in [0.25, 0.3) is 0 Å². The molecule has 1 saturated heterocycles. The number of carbonyl (C=O) groups excluding carboxylic acids is 1. The lowest BCUT2D eigenvalue weighted by Crippen LogP contribution is -2.49. The summed E-state index contributed by atoms with van der Waals surface area (Å²) in [6, 6.07) is 0.196. The molecule has 1 rings (SSSR count). The first-order valence-electron chi connectivity index (χ1n) is 6.42. The van der Waals surface area contributed by atoms with Crippen LogP contribution in [-0.2, 0) is 4.79 Å². The molecule has 1 heterocycles. The van der Waals surface area contributed by atoms with Crippen LogP contribution in [0.15, 0.2) is 5.16 Å². The SMILES string of the molecule is CC(C)C(C(=O)NC1CCN(C)CC1)C(N)=NO. The lowest BCUT2D eigenvalue weighted by atomic mass is 9.93. The van der Waals surface area contributed by atoms with Crippen LogP contribution in [-0.4, -0.2) is 48.0 Å². The zero-order chi connectivity index (χ0) is 13.7. The summed E-state index contributed by atoms with van der Waals surface area (Å²) in [7, 11) is 2.07. The number of likely N-dealkylation sites (tertiary alicyclic amines) is 1. The van der Waals surface area contributed by atoms with Crippen LogP contribution in [0, 0.1) is 11.8 Å². The van der Waals surface area contributed by atoms with Crippen LogP contribution in [0.3, 0.4) is 0 Å². The molecule has 1 aliphatic rings. The molecule has 4 N–H and O–H groups in total. The Bertz CT molecular complexity index is 309. The lowest BCUT2D eigenvalue weighted by molar-refractivity contribution is -0.125. The van der Waals surface area contributed by atoms with Gasteiger partial charge in [0.05, 0.1) is 0 Å². The number of nitrogens with zero attached hydrogens (tertiary/aromatic N) is 2. The summed E-state index contributed by atoms with van der Waals surface area (Å²) in [5, 5.41) is 14.7. The standard InChI is InChI=1S/C12H24N4O2/c1-8(2)10(11(13)15-18)12(17)14-9-4-6-16(3)7-5-9/h8-10,18H,4-7H2,1-3H3,(H2,13,15)(H,14,17). The Morgan fingerprint density at radius 1 is 1.44 bits per heavy atom. The van der Waals surface area contributed by atoms with Crippen LogP contribution in [0.25, 0.3) is 0 Å². The minimum absolute atomic E-state index is 0.00663. The van der Waals surface area contributed by atoms with E-state index in [9.17, 15) is 4.79 Å². The van der Waals surface area contributed by atoms with Crippen LogP contribution < -0.4 is 11.1 Å². The number of hydrogen-bond donors (Lipinski definition) is 3. The first-order chi connectivity index (χ1) is 8.45. The molecule has 0 saturated carbocycles. The molecule has 18 heavy (non-hydrogen) atoms. The lowest BCUT2D eigenvalue weighted by Gasteiger charge is -2.31. The van der Waals surface area contributed by atoms with Crippen molar-refractivity contribution in [3.8, 4) is 0 Å². The molecule has 0 spiro atoms. The maximum absolute atomic E-state index is 12.1. The number of piperidine rings is 1. The predicted octanol–water partition coefficient (Wildman–Crippen LogP) is 0.215. The van der Waals surface area contributed by atoms with Crippen LogP contribution in [0.4, 0.5) is 0 Å². The third-order valence-electron chi connectivity index (χ3n) is 3.45. The van der Waals surface area contributed by atoms with Gasteiger partial charge in [0.2, 0.25) is 5.91 Å². The van der Waals surface area contributed by atoms with Crippen LogP contribution >= 0.6 is 0 Å². The van der Waals surface area contributed by atoms with E-state index in [0.29, 0.717) is 0 Å². The number of oxime groups is 1. The number of amidine groups is 1. The smallest absolute Gasteiger partial charge is 0.231 e. The highest BCUT2D eigenvalue weighted by atomic mass is 16.4. The van der Waals surface area contributed by atoms with Gasteiger partial charge in [-0.3, -0.25) is 4.79 Å². The van der Waals surface area contributed by atoms with Gasteiger partial charge in [0.15, 0.2) is 5.84 Å². The Labute approximate surface area is 108 Å². The van der Waals surface area contributed by atoms with E-state index in [-0.39, 0.29) is 23.7 Å². The third kappa shape index (κ3) is 3.87. The van der Waals surface area contributed by atoms with Crippen LogP contribution in [0.5, 0.6) is 0 Å². The summed E-state index contributed by atoms with van der Waals surface area (Å²) in [5.74, 6) is -0.716. The van der Waals surface area contributed by atoms with Gasteiger partial charge in [0, 0.05) is 6.04 Å². The molecule has 6 nitrogen and oxygen atoms in total. The molecular formula is C12H24N4O2. The summed E-state index contributed by atoms with van der Waals surface area (Å²) in [6.45, 7) is 5.75. The van der Waals surface area contributed by atoms with E-state index in [2.05, 4.69) is 22.4 Å². The fourth-order valence-electron chi connectivity index (χ4n) is 2.28. The molecule has 0 bridgehead atoms. The van der Waals surface area contributed by atoms with Crippen molar-refractivity contribution in [1.29, 1.82) is 0 Å². The molecule has 1 atom stereocenters. The van der Waals surface area contributed by atoms with E-state index in [1.54, 1.807) is 0 Å². The maximum atomic E-state index is 12.1. The van der Waals surface area contributed by atoms with Crippen molar-refractivity contribution in [3.05, 3.63) is 0 Å². The summed E-state index contributed by atoms with van der Waals surface area (Å²) in [5.41, 5.74) is 5.58. The quantitative estimate of drug-likeness (QED) is 0.290. The minimum Gasteiger partial charge on any atom is -0.409 e. The first kappa shape index (κ1) is 14.8. The Kier molecular flexibility index (Phi) is 5.40. The van der Waals surface area contributed by atoms with Crippen molar-refractivity contribution in [2.45, 2.75) is 32.7 Å². The van der Waals surface area contributed by atoms with Crippen molar-refractivity contribution in [3.63, 3.8) is 0 Å². The zero-order valence-electron chi connectivity index (χ0n) is 11.4. The number of nitrogens with two attached hydrogens (primary N) is 1. The fourth-order valence-corrected chi connectivity index (χ4v) is 2.28. The molecule has 1 amide bonds. The molecule has 6 heteroatoms. The van der Waals surface area contributed by atoms with Crippen molar-refractivity contribution in [2.75, 3.05) is 20.1 Å². The molecule has 1 fully saturated rings. The van der Waals surface area contributed by atoms with Crippen molar-refractivity contribution < 1.29 is 10.0 Å². The van der Waals surface area contributed by atoms with Gasteiger partial charge in [0.1, 0.15) is 5.92 Å². The van der Waals surface area contributed by atoms with E-state index in [1.165, 1.54) is 0 Å². The molecule has 104 valence electrons. The van der Waals surface area contributed by atoms with E-state index in [0.717, 1.165) is 25.9 Å². The van der Waals surface area contributed by atoms with E-state index >= 15 is 0 Å². The van der Waals surface area contributed by atoms with E-state index in [4.69, 9.17) is 10.9 Å². The Hall–Kier alpha value is -1.30. The monoisotopic (exact) mass is 256 g/mol. The van der Waals surface area contributed by atoms with Crippen molar-refractivity contribution in [2.24, 2.45) is 22.7 Å². The number of nitrogens with one attached hydrogen (secondary N) is 1. The normalized spacial score (nSPS) is 21.0. The average Bonchev–Trinajstić information content (AvgIpc) is 2.31. The maximum Gasteiger partial charge on any atom is 0.231 e. The molecule has 1 unspecified atom stereocenters. The number of amides is 1. The van der Waals surface area contributed by atoms with Gasteiger partial charge in [-0.15, -0.1) is 0 Å². The Balaban J connectivity index is 2.57. The Morgan fingerprint density at radius 2 is 2.00 bits per heavy atom. The largest absolute Gasteiger partial charge is 0.409 e. The summed E-state index contributed by atoms with van der Waals surface area (Å²) in [6.07, 6.45) is 1.90. The van der Waals surface area contributed by atoms with E-state index < -0.39 is 5.92 Å². The zero-order valence-corrected chi connectivity index (χ0v) is 11.4. The van der Waals surface area contributed by atoms with Gasteiger partial charge < -0.3 is 21.2 Å². The van der Waals surface area contributed by atoms with Crippen LogP contribution in [0.2, 0.25) is 0 Å². The topological polar surface area (TPSA) is 91.0 Å². The van der Waals surface area contributed by atoms with Gasteiger partial charge in [-0.1, -0.05) is 19.0 Å². The van der Waals surface area contributed by atoms with Crippen molar-refractivity contribution in [1.82, 2.24) is 10.2 Å². The number of hydrogen-bond acceptors (Lipinski definition) is 4. The van der Waals surface area contributed by atoms with E-state index in [1.807, 2.05) is 13.8 Å². The highest BCUT2D eigenvalue weighted by molar-refractivity contribution is 6.02. The molecule has 0 aromatic heterocycles. The minimum atomic E-state index is -0.561. The average molecular weight is 256 g/mol. The van der Waals surface area contributed by atoms with Gasteiger partial charge in [-0.05, 0) is 38.9 Å².